The van der Waals surface area contributed by atoms with Crippen molar-refractivity contribution in [2.75, 3.05) is 0 Å². The molecule has 0 saturated carbocycles. The molecule has 0 bridgehead atoms. The van der Waals surface area contributed by atoms with Crippen LogP contribution in [-0.2, 0) is 32.1 Å². The Labute approximate surface area is 104 Å². The Morgan fingerprint density at radius 1 is 1.33 bits per heavy atom. The average molecular weight is 253 g/mol. The van der Waals surface area contributed by atoms with E-state index in [9.17, 15) is 0 Å². The Morgan fingerprint density at radius 3 is 3.11 bits per heavy atom. The number of hydrogen-bond acceptors (Lipinski definition) is 6. The van der Waals surface area contributed by atoms with E-state index in [0.717, 1.165) is 5.69 Å². The van der Waals surface area contributed by atoms with Gasteiger partial charge in [-0.3, -0.25) is 0 Å². The summed E-state index contributed by atoms with van der Waals surface area (Å²) in [6.45, 7) is 4.87. The third kappa shape index (κ3) is 1.51. The lowest BCUT2D eigenvalue weighted by atomic mass is 10.1. The highest BCUT2D eigenvalue weighted by atomic mass is 16.8. The highest BCUT2D eigenvalue weighted by Gasteiger charge is 2.56. The molecule has 0 radical (unpaired) electrons. The summed E-state index contributed by atoms with van der Waals surface area (Å²) in [7, 11) is 0. The predicted octanol–water partition coefficient (Wildman–Crippen LogP) is 0.0533. The summed E-state index contributed by atoms with van der Waals surface area (Å²) in [5, 5.41) is 7.89. The zero-order chi connectivity index (χ0) is 12.3. The Bertz CT molecular complexity index is 475. The maximum atomic E-state index is 5.89. The zero-order valence-electron chi connectivity index (χ0n) is 10.3. The molecular weight excluding hydrogens is 238 g/mol. The van der Waals surface area contributed by atoms with Gasteiger partial charge in [0.15, 0.2) is 12.1 Å². The smallest absolute Gasteiger partial charge is 0.190 e. The fraction of sp³-hybridized carbons (Fsp3) is 0.818. The quantitative estimate of drug-likeness (QED) is 0.651. The zero-order valence-corrected chi connectivity index (χ0v) is 10.3. The van der Waals surface area contributed by atoms with Gasteiger partial charge in [0.2, 0.25) is 0 Å². The SMILES string of the molecule is CC1(C)O[C@H]2O[C@@H]3Cn4nncc4CO[C@H]3[C@H]2O1. The van der Waals surface area contributed by atoms with Crippen molar-refractivity contribution in [2.24, 2.45) is 0 Å². The van der Waals surface area contributed by atoms with Gasteiger partial charge in [-0.1, -0.05) is 5.21 Å². The van der Waals surface area contributed by atoms with Crippen molar-refractivity contribution >= 4 is 0 Å². The number of rotatable bonds is 0. The van der Waals surface area contributed by atoms with Crippen LogP contribution in [-0.4, -0.2) is 45.4 Å². The second-order valence-electron chi connectivity index (χ2n) is 5.33. The van der Waals surface area contributed by atoms with Gasteiger partial charge < -0.3 is 18.9 Å². The molecule has 0 amide bonds. The maximum absolute atomic E-state index is 5.89. The van der Waals surface area contributed by atoms with Crippen LogP contribution in [0.1, 0.15) is 19.5 Å². The minimum Gasteiger partial charge on any atom is -0.366 e. The second-order valence-corrected chi connectivity index (χ2v) is 5.33. The number of fused-ring (bicyclic) bond motifs is 4. The monoisotopic (exact) mass is 253 g/mol. The van der Waals surface area contributed by atoms with Crippen molar-refractivity contribution < 1.29 is 18.9 Å². The predicted molar refractivity (Wildman–Crippen MR) is 57.3 cm³/mol. The molecule has 7 heteroatoms. The molecule has 0 aromatic carbocycles. The molecule has 1 aromatic heterocycles. The number of aromatic nitrogens is 3. The third-order valence-corrected chi connectivity index (χ3v) is 3.56. The van der Waals surface area contributed by atoms with Crippen molar-refractivity contribution in [2.45, 2.75) is 57.4 Å². The molecule has 2 saturated heterocycles. The van der Waals surface area contributed by atoms with E-state index in [1.165, 1.54) is 0 Å². The van der Waals surface area contributed by atoms with E-state index in [0.29, 0.717) is 13.2 Å². The van der Waals surface area contributed by atoms with Gasteiger partial charge in [0, 0.05) is 0 Å². The van der Waals surface area contributed by atoms with Crippen LogP contribution in [0.4, 0.5) is 0 Å². The summed E-state index contributed by atoms with van der Waals surface area (Å²) < 4.78 is 25.1. The first kappa shape index (κ1) is 10.9. The molecular formula is C11H15N3O4. The van der Waals surface area contributed by atoms with E-state index in [1.54, 1.807) is 6.20 Å². The fourth-order valence-corrected chi connectivity index (χ4v) is 2.79. The van der Waals surface area contributed by atoms with Crippen molar-refractivity contribution in [3.63, 3.8) is 0 Å². The van der Waals surface area contributed by atoms with Crippen molar-refractivity contribution in [3.8, 4) is 0 Å². The molecule has 0 unspecified atom stereocenters. The molecule has 18 heavy (non-hydrogen) atoms. The van der Waals surface area contributed by atoms with Gasteiger partial charge in [-0.25, -0.2) is 4.68 Å². The van der Waals surface area contributed by atoms with Crippen LogP contribution < -0.4 is 0 Å². The summed E-state index contributed by atoms with van der Waals surface area (Å²) in [5.74, 6) is -0.606. The molecule has 2 fully saturated rings. The van der Waals surface area contributed by atoms with Crippen LogP contribution in [0, 0.1) is 0 Å². The minimum absolute atomic E-state index is 0.0981. The summed E-state index contributed by atoms with van der Waals surface area (Å²) in [4.78, 5) is 0. The minimum atomic E-state index is -0.606. The topological polar surface area (TPSA) is 67.6 Å². The lowest BCUT2D eigenvalue weighted by Gasteiger charge is -2.23. The van der Waals surface area contributed by atoms with Crippen molar-refractivity contribution in [1.29, 1.82) is 0 Å². The Balaban J connectivity index is 1.60. The Morgan fingerprint density at radius 2 is 2.22 bits per heavy atom. The van der Waals surface area contributed by atoms with E-state index in [1.807, 2.05) is 18.5 Å². The number of hydrogen-bond donors (Lipinski definition) is 0. The van der Waals surface area contributed by atoms with E-state index in [4.69, 9.17) is 18.9 Å². The summed E-state index contributed by atoms with van der Waals surface area (Å²) in [6.07, 6.45) is 0.995. The molecule has 7 nitrogen and oxygen atoms in total. The molecule has 0 aliphatic carbocycles. The van der Waals surface area contributed by atoms with Gasteiger partial charge in [-0.2, -0.15) is 0 Å². The molecule has 98 valence electrons. The molecule has 0 spiro atoms. The average Bonchev–Trinajstić information content (AvgIpc) is 2.88. The van der Waals surface area contributed by atoms with E-state index < -0.39 is 5.79 Å². The van der Waals surface area contributed by atoms with Crippen molar-refractivity contribution in [3.05, 3.63) is 11.9 Å². The largest absolute Gasteiger partial charge is 0.366 e. The summed E-state index contributed by atoms with van der Waals surface area (Å²) in [6, 6.07) is 0. The van der Waals surface area contributed by atoms with Gasteiger partial charge >= 0.3 is 0 Å². The lowest BCUT2D eigenvalue weighted by molar-refractivity contribution is -0.219. The second kappa shape index (κ2) is 3.51. The van der Waals surface area contributed by atoms with Crippen LogP contribution in [0.3, 0.4) is 0 Å². The van der Waals surface area contributed by atoms with E-state index >= 15 is 0 Å². The Kier molecular flexibility index (Phi) is 2.12. The third-order valence-electron chi connectivity index (χ3n) is 3.56. The molecule has 4 atom stereocenters. The van der Waals surface area contributed by atoms with Gasteiger partial charge in [0.1, 0.15) is 18.3 Å². The molecule has 1 aromatic rings. The molecule has 0 N–H and O–H groups in total. The van der Waals surface area contributed by atoms with Crippen molar-refractivity contribution in [1.82, 2.24) is 15.0 Å². The van der Waals surface area contributed by atoms with Gasteiger partial charge in [0.25, 0.3) is 0 Å². The highest BCUT2D eigenvalue weighted by Crippen LogP contribution is 2.40. The first-order chi connectivity index (χ1) is 8.62. The van der Waals surface area contributed by atoms with Crippen LogP contribution in [0.15, 0.2) is 6.20 Å². The van der Waals surface area contributed by atoms with Gasteiger partial charge in [-0.05, 0) is 13.8 Å². The molecule has 3 aliphatic rings. The lowest BCUT2D eigenvalue weighted by Crippen LogP contribution is -2.37. The highest BCUT2D eigenvalue weighted by molar-refractivity contribution is 5.00. The van der Waals surface area contributed by atoms with Crippen LogP contribution >= 0.6 is 0 Å². The molecule has 4 rings (SSSR count). The van der Waals surface area contributed by atoms with Gasteiger partial charge in [0.05, 0.1) is 25.0 Å². The molecule has 3 aliphatic heterocycles. The fourth-order valence-electron chi connectivity index (χ4n) is 2.79. The number of ether oxygens (including phenoxy) is 4. The summed E-state index contributed by atoms with van der Waals surface area (Å²) in [5.41, 5.74) is 0.961. The first-order valence-corrected chi connectivity index (χ1v) is 6.12. The van der Waals surface area contributed by atoms with Gasteiger partial charge in [-0.15, -0.1) is 5.10 Å². The van der Waals surface area contributed by atoms with E-state index in [2.05, 4.69) is 10.3 Å². The maximum Gasteiger partial charge on any atom is 0.190 e. The first-order valence-electron chi connectivity index (χ1n) is 6.12. The number of nitrogens with zero attached hydrogens (tertiary/aromatic N) is 3. The molecule has 4 heterocycles. The van der Waals surface area contributed by atoms with Crippen LogP contribution in [0.2, 0.25) is 0 Å². The standard InChI is InChI=1S/C11H15N3O4/c1-11(2)17-9-8-7(16-10(9)18-11)4-14-6(5-15-8)3-12-13-14/h3,7-10H,4-5H2,1-2H3/t7-,8-,9-,10-/m1/s1. The summed E-state index contributed by atoms with van der Waals surface area (Å²) >= 11 is 0. The van der Waals surface area contributed by atoms with Crippen LogP contribution in [0.25, 0.3) is 0 Å². The normalized spacial score (nSPS) is 41.0. The van der Waals surface area contributed by atoms with E-state index in [-0.39, 0.29) is 24.6 Å². The Hall–Kier alpha value is -1.02. The van der Waals surface area contributed by atoms with Crippen LogP contribution in [0.5, 0.6) is 0 Å².